The third-order valence-electron chi connectivity index (χ3n) is 1.42. The van der Waals surface area contributed by atoms with Crippen LogP contribution in [-0.4, -0.2) is 33.6 Å². The van der Waals surface area contributed by atoms with Crippen LogP contribution in [0.15, 0.2) is 16.9 Å². The maximum atomic E-state index is 11.1. The number of aliphatic carboxylic acids is 1. The fourth-order valence-electron chi connectivity index (χ4n) is 0.800. The smallest absolute Gasteiger partial charge is 0.313 e. The number of carboxylic acid groups (broad SMARTS) is 1. The van der Waals surface area contributed by atoms with Gasteiger partial charge in [-0.25, -0.2) is 0 Å². The van der Waals surface area contributed by atoms with E-state index in [2.05, 4.69) is 15.0 Å². The molecule has 0 aliphatic heterocycles. The number of thioether (sulfide) groups is 1. The lowest BCUT2D eigenvalue weighted by atomic mass is 10.4. The number of aromatic nitrogens is 1. The number of carbonyl (C=O) groups excluding carboxylic acids is 1. The van der Waals surface area contributed by atoms with E-state index < -0.39 is 5.97 Å². The van der Waals surface area contributed by atoms with Crippen molar-refractivity contribution in [3.63, 3.8) is 0 Å². The van der Waals surface area contributed by atoms with E-state index in [1.54, 1.807) is 6.07 Å². The van der Waals surface area contributed by atoms with Crippen molar-refractivity contribution in [1.82, 2.24) is 10.5 Å². The van der Waals surface area contributed by atoms with Crippen LogP contribution in [0.25, 0.3) is 0 Å². The van der Waals surface area contributed by atoms with Gasteiger partial charge in [0.25, 0.3) is 0 Å². The molecule has 15 heavy (non-hydrogen) atoms. The van der Waals surface area contributed by atoms with Gasteiger partial charge in [-0.3, -0.25) is 9.59 Å². The van der Waals surface area contributed by atoms with Gasteiger partial charge in [-0.05, 0) is 0 Å². The zero-order valence-corrected chi connectivity index (χ0v) is 8.62. The van der Waals surface area contributed by atoms with Gasteiger partial charge in [0.2, 0.25) is 5.91 Å². The minimum absolute atomic E-state index is 0.0720. The van der Waals surface area contributed by atoms with E-state index in [0.29, 0.717) is 12.2 Å². The Morgan fingerprint density at radius 1 is 1.53 bits per heavy atom. The topological polar surface area (TPSA) is 92.4 Å². The standard InChI is InChI=1S/C8H10N2O4S/c11-7(4-15-5-8(12)13)9-3-6-1-2-14-10-6/h1-2H,3-5H2,(H,9,11)(H,12,13). The van der Waals surface area contributed by atoms with Crippen LogP contribution in [-0.2, 0) is 16.1 Å². The molecule has 1 aromatic rings. The van der Waals surface area contributed by atoms with Crippen molar-refractivity contribution in [2.75, 3.05) is 11.5 Å². The summed E-state index contributed by atoms with van der Waals surface area (Å²) in [5.41, 5.74) is 0.631. The Balaban J connectivity index is 2.11. The van der Waals surface area contributed by atoms with Gasteiger partial charge in [0, 0.05) is 6.07 Å². The van der Waals surface area contributed by atoms with Crippen LogP contribution in [0.4, 0.5) is 0 Å². The van der Waals surface area contributed by atoms with E-state index in [1.807, 2.05) is 0 Å². The number of carbonyl (C=O) groups is 2. The van der Waals surface area contributed by atoms with Gasteiger partial charge in [-0.1, -0.05) is 5.16 Å². The highest BCUT2D eigenvalue weighted by Gasteiger charge is 2.04. The fourth-order valence-corrected chi connectivity index (χ4v) is 1.36. The summed E-state index contributed by atoms with van der Waals surface area (Å²) in [4.78, 5) is 21.3. The molecule has 7 heteroatoms. The van der Waals surface area contributed by atoms with Crippen molar-refractivity contribution in [2.45, 2.75) is 6.54 Å². The van der Waals surface area contributed by atoms with E-state index in [-0.39, 0.29) is 17.4 Å². The summed E-state index contributed by atoms with van der Waals surface area (Å²) in [6.45, 7) is 0.295. The van der Waals surface area contributed by atoms with Crippen LogP contribution in [0.5, 0.6) is 0 Å². The van der Waals surface area contributed by atoms with Gasteiger partial charge in [0.05, 0.1) is 18.1 Å². The van der Waals surface area contributed by atoms with Crippen molar-refractivity contribution in [3.8, 4) is 0 Å². The van der Waals surface area contributed by atoms with Gasteiger partial charge in [0.1, 0.15) is 12.0 Å². The van der Waals surface area contributed by atoms with Crippen molar-refractivity contribution >= 4 is 23.6 Å². The molecular weight excluding hydrogens is 220 g/mol. The van der Waals surface area contributed by atoms with Gasteiger partial charge >= 0.3 is 5.97 Å². The minimum atomic E-state index is -0.927. The van der Waals surface area contributed by atoms with Crippen LogP contribution < -0.4 is 5.32 Å². The van der Waals surface area contributed by atoms with Crippen LogP contribution in [0.1, 0.15) is 5.69 Å². The first-order chi connectivity index (χ1) is 7.18. The molecule has 1 heterocycles. The molecule has 82 valence electrons. The molecule has 1 amide bonds. The van der Waals surface area contributed by atoms with Gasteiger partial charge in [-0.15, -0.1) is 11.8 Å². The molecule has 0 bridgehead atoms. The Labute approximate surface area is 90.0 Å². The summed E-state index contributed by atoms with van der Waals surface area (Å²) in [5.74, 6) is -1.09. The third-order valence-corrected chi connectivity index (χ3v) is 2.33. The molecular formula is C8H10N2O4S. The molecule has 0 aliphatic carbocycles. The minimum Gasteiger partial charge on any atom is -0.481 e. The normalized spacial score (nSPS) is 9.87. The molecule has 2 N–H and O–H groups in total. The second-order valence-electron chi connectivity index (χ2n) is 2.65. The molecule has 0 radical (unpaired) electrons. The predicted molar refractivity (Wildman–Crippen MR) is 53.3 cm³/mol. The molecule has 1 rings (SSSR count). The Hall–Kier alpha value is -1.50. The third kappa shape index (κ3) is 5.06. The maximum absolute atomic E-state index is 11.1. The summed E-state index contributed by atoms with van der Waals surface area (Å²) in [7, 11) is 0. The first kappa shape index (κ1) is 11.6. The van der Waals surface area contributed by atoms with E-state index in [9.17, 15) is 9.59 Å². The van der Waals surface area contributed by atoms with Gasteiger partial charge < -0.3 is 14.9 Å². The molecule has 0 saturated carbocycles. The van der Waals surface area contributed by atoms with Crippen molar-refractivity contribution in [2.24, 2.45) is 0 Å². The molecule has 0 saturated heterocycles. The van der Waals surface area contributed by atoms with E-state index in [4.69, 9.17) is 5.11 Å². The zero-order valence-electron chi connectivity index (χ0n) is 7.80. The Kier molecular flexibility index (Phi) is 4.69. The largest absolute Gasteiger partial charge is 0.481 e. The molecule has 0 fully saturated rings. The first-order valence-corrected chi connectivity index (χ1v) is 5.29. The van der Waals surface area contributed by atoms with E-state index in [1.165, 1.54) is 6.26 Å². The number of rotatable bonds is 6. The average molecular weight is 230 g/mol. The molecule has 0 unspecified atom stereocenters. The van der Waals surface area contributed by atoms with E-state index >= 15 is 0 Å². The van der Waals surface area contributed by atoms with Crippen molar-refractivity contribution < 1.29 is 19.2 Å². The molecule has 0 atom stereocenters. The first-order valence-electron chi connectivity index (χ1n) is 4.14. The quantitative estimate of drug-likeness (QED) is 0.720. The highest BCUT2D eigenvalue weighted by Crippen LogP contribution is 1.99. The Morgan fingerprint density at radius 3 is 2.93 bits per heavy atom. The summed E-state index contributed by atoms with van der Waals surface area (Å²) >= 11 is 1.05. The van der Waals surface area contributed by atoms with Crippen LogP contribution in [0.3, 0.4) is 0 Å². The Bertz CT molecular complexity index is 325. The summed E-state index contributed by atoms with van der Waals surface area (Å²) in [6.07, 6.45) is 1.42. The SMILES string of the molecule is O=C(O)CSCC(=O)NCc1ccon1. The number of nitrogens with one attached hydrogen (secondary N) is 1. The fraction of sp³-hybridized carbons (Fsp3) is 0.375. The Morgan fingerprint density at radius 2 is 2.33 bits per heavy atom. The summed E-state index contributed by atoms with van der Waals surface area (Å²) < 4.78 is 4.58. The highest BCUT2D eigenvalue weighted by molar-refractivity contribution is 8.00. The molecule has 0 aliphatic rings. The lowest BCUT2D eigenvalue weighted by molar-refractivity contribution is -0.133. The molecule has 0 spiro atoms. The number of hydrogen-bond acceptors (Lipinski definition) is 5. The zero-order chi connectivity index (χ0) is 11.1. The number of nitrogens with zero attached hydrogens (tertiary/aromatic N) is 1. The maximum Gasteiger partial charge on any atom is 0.313 e. The number of carboxylic acids is 1. The summed E-state index contributed by atoms with van der Waals surface area (Å²) in [5, 5.41) is 14.5. The second-order valence-corrected chi connectivity index (χ2v) is 3.64. The molecule has 1 aromatic heterocycles. The molecule has 0 aromatic carbocycles. The van der Waals surface area contributed by atoms with Crippen LogP contribution in [0, 0.1) is 0 Å². The highest BCUT2D eigenvalue weighted by atomic mass is 32.2. The number of amides is 1. The van der Waals surface area contributed by atoms with Gasteiger partial charge in [-0.2, -0.15) is 0 Å². The van der Waals surface area contributed by atoms with Crippen molar-refractivity contribution in [3.05, 3.63) is 18.0 Å². The van der Waals surface area contributed by atoms with E-state index in [0.717, 1.165) is 11.8 Å². The summed E-state index contributed by atoms with van der Waals surface area (Å²) in [6, 6.07) is 1.64. The number of hydrogen-bond donors (Lipinski definition) is 2. The monoisotopic (exact) mass is 230 g/mol. The van der Waals surface area contributed by atoms with Gasteiger partial charge in [0.15, 0.2) is 0 Å². The lowest BCUT2D eigenvalue weighted by Crippen LogP contribution is -2.25. The lowest BCUT2D eigenvalue weighted by Gasteiger charge is -2.01. The van der Waals surface area contributed by atoms with Crippen molar-refractivity contribution in [1.29, 1.82) is 0 Å². The predicted octanol–water partition coefficient (Wildman–Crippen LogP) is 0.109. The average Bonchev–Trinajstić information content (AvgIpc) is 2.66. The second kappa shape index (κ2) is 6.07. The van der Waals surface area contributed by atoms with Crippen LogP contribution >= 0.6 is 11.8 Å². The molecule has 6 nitrogen and oxygen atoms in total. The van der Waals surface area contributed by atoms with Crippen LogP contribution in [0.2, 0.25) is 0 Å².